The summed E-state index contributed by atoms with van der Waals surface area (Å²) in [7, 11) is 0. The van der Waals surface area contributed by atoms with Crippen LogP contribution in [0.2, 0.25) is 0 Å². The zero-order valence-corrected chi connectivity index (χ0v) is 8.96. The van der Waals surface area contributed by atoms with Gasteiger partial charge in [0.2, 0.25) is 0 Å². The number of aryl methyl sites for hydroxylation is 1. The van der Waals surface area contributed by atoms with Crippen molar-refractivity contribution in [3.05, 3.63) is 29.3 Å². The Morgan fingerprint density at radius 2 is 2.07 bits per heavy atom. The van der Waals surface area contributed by atoms with Crippen LogP contribution in [0.15, 0.2) is 18.2 Å². The molecule has 1 N–H and O–H groups in total. The van der Waals surface area contributed by atoms with Crippen molar-refractivity contribution in [2.24, 2.45) is 5.92 Å². The molecule has 0 heterocycles. The van der Waals surface area contributed by atoms with Crippen molar-refractivity contribution >= 4 is 0 Å². The Morgan fingerprint density at radius 1 is 1.29 bits per heavy atom. The van der Waals surface area contributed by atoms with Gasteiger partial charge in [-0.1, -0.05) is 25.5 Å². The molecule has 76 valence electrons. The molecule has 0 saturated heterocycles. The van der Waals surface area contributed by atoms with Crippen molar-refractivity contribution in [1.82, 2.24) is 0 Å². The lowest BCUT2D eigenvalue weighted by Crippen LogP contribution is -1.93. The van der Waals surface area contributed by atoms with E-state index in [2.05, 4.69) is 19.1 Å². The first-order valence-electron chi connectivity index (χ1n) is 5.46. The van der Waals surface area contributed by atoms with Crippen molar-refractivity contribution in [2.45, 2.75) is 39.0 Å². The average Bonchev–Trinajstić information content (AvgIpc) is 2.57. The van der Waals surface area contributed by atoms with Crippen LogP contribution in [0, 0.1) is 12.8 Å². The number of phenolic OH excluding ortho intramolecular Hbond substituents is 1. The monoisotopic (exact) mass is 190 g/mol. The fourth-order valence-corrected chi connectivity index (χ4v) is 2.44. The normalized spacial score (nSPS) is 26.7. The third-order valence-electron chi connectivity index (χ3n) is 3.39. The number of benzene rings is 1. The van der Waals surface area contributed by atoms with Crippen molar-refractivity contribution in [3.8, 4) is 5.75 Å². The SMILES string of the molecule is Cc1cc(C2CCC(C)C2)ccc1O. The van der Waals surface area contributed by atoms with Crippen molar-refractivity contribution < 1.29 is 5.11 Å². The van der Waals surface area contributed by atoms with Crippen LogP contribution in [0.3, 0.4) is 0 Å². The van der Waals surface area contributed by atoms with Crippen LogP contribution in [0.5, 0.6) is 5.75 Å². The first kappa shape index (κ1) is 9.57. The summed E-state index contributed by atoms with van der Waals surface area (Å²) >= 11 is 0. The minimum absolute atomic E-state index is 0.416. The zero-order chi connectivity index (χ0) is 10.1. The van der Waals surface area contributed by atoms with E-state index in [1.165, 1.54) is 24.8 Å². The highest BCUT2D eigenvalue weighted by atomic mass is 16.3. The Balaban J connectivity index is 2.20. The minimum atomic E-state index is 0.416. The highest BCUT2D eigenvalue weighted by Crippen LogP contribution is 2.38. The van der Waals surface area contributed by atoms with Gasteiger partial charge < -0.3 is 5.11 Å². The molecule has 14 heavy (non-hydrogen) atoms. The Labute approximate surface area is 85.8 Å². The molecule has 1 fully saturated rings. The number of hydrogen-bond acceptors (Lipinski definition) is 1. The third-order valence-corrected chi connectivity index (χ3v) is 3.39. The summed E-state index contributed by atoms with van der Waals surface area (Å²) in [5, 5.41) is 9.44. The molecule has 1 aliphatic rings. The molecule has 0 amide bonds. The van der Waals surface area contributed by atoms with Gasteiger partial charge in [-0.2, -0.15) is 0 Å². The molecule has 0 spiro atoms. The lowest BCUT2D eigenvalue weighted by atomic mass is 9.95. The molecule has 1 nitrogen and oxygen atoms in total. The number of rotatable bonds is 1. The molecule has 1 saturated carbocycles. The molecule has 0 radical (unpaired) electrons. The molecular formula is C13H18O. The van der Waals surface area contributed by atoms with Crippen LogP contribution in [-0.4, -0.2) is 5.11 Å². The molecule has 1 aromatic rings. The molecular weight excluding hydrogens is 172 g/mol. The predicted octanol–water partition coefficient (Wildman–Crippen LogP) is 3.60. The smallest absolute Gasteiger partial charge is 0.118 e. The van der Waals surface area contributed by atoms with E-state index in [1.54, 1.807) is 0 Å². The van der Waals surface area contributed by atoms with Gasteiger partial charge in [-0.05, 0) is 48.8 Å². The predicted molar refractivity (Wildman–Crippen MR) is 58.6 cm³/mol. The zero-order valence-electron chi connectivity index (χ0n) is 8.96. The van der Waals surface area contributed by atoms with E-state index in [1.807, 2.05) is 13.0 Å². The van der Waals surface area contributed by atoms with Gasteiger partial charge in [0.25, 0.3) is 0 Å². The molecule has 2 rings (SSSR count). The van der Waals surface area contributed by atoms with Crippen molar-refractivity contribution in [3.63, 3.8) is 0 Å². The quantitative estimate of drug-likeness (QED) is 0.717. The standard InChI is InChI=1S/C13H18O/c1-9-3-4-11(7-9)12-5-6-13(14)10(2)8-12/h5-6,8-9,11,14H,3-4,7H2,1-2H3. The maximum Gasteiger partial charge on any atom is 0.118 e. The van der Waals surface area contributed by atoms with Gasteiger partial charge in [0.15, 0.2) is 0 Å². The Bertz CT molecular complexity index is 330. The van der Waals surface area contributed by atoms with Gasteiger partial charge in [-0.25, -0.2) is 0 Å². The second-order valence-electron chi connectivity index (χ2n) is 4.66. The molecule has 0 aromatic heterocycles. The van der Waals surface area contributed by atoms with E-state index in [-0.39, 0.29) is 0 Å². The summed E-state index contributed by atoms with van der Waals surface area (Å²) < 4.78 is 0. The minimum Gasteiger partial charge on any atom is -0.508 e. The van der Waals surface area contributed by atoms with E-state index >= 15 is 0 Å². The molecule has 1 aromatic carbocycles. The maximum atomic E-state index is 9.44. The second-order valence-corrected chi connectivity index (χ2v) is 4.66. The Hall–Kier alpha value is -0.980. The number of phenols is 1. The maximum absolute atomic E-state index is 9.44. The second kappa shape index (κ2) is 3.64. The topological polar surface area (TPSA) is 20.2 Å². The summed E-state index contributed by atoms with van der Waals surface area (Å²) in [5.41, 5.74) is 2.41. The van der Waals surface area contributed by atoms with Crippen LogP contribution in [0.1, 0.15) is 43.2 Å². The largest absolute Gasteiger partial charge is 0.508 e. The third kappa shape index (κ3) is 1.77. The van der Waals surface area contributed by atoms with Gasteiger partial charge in [-0.15, -0.1) is 0 Å². The van der Waals surface area contributed by atoms with Gasteiger partial charge >= 0.3 is 0 Å². The Kier molecular flexibility index (Phi) is 2.49. The summed E-state index contributed by atoms with van der Waals surface area (Å²) in [6.45, 7) is 4.30. The summed E-state index contributed by atoms with van der Waals surface area (Å²) in [6, 6.07) is 6.04. The molecule has 2 unspecified atom stereocenters. The fraction of sp³-hybridized carbons (Fsp3) is 0.538. The summed E-state index contributed by atoms with van der Waals surface area (Å²) in [5.74, 6) is 2.01. The number of aromatic hydroxyl groups is 1. The molecule has 1 aliphatic carbocycles. The van der Waals surface area contributed by atoms with E-state index in [0.29, 0.717) is 5.75 Å². The lowest BCUT2D eigenvalue weighted by molar-refractivity contribution is 0.470. The molecule has 0 bridgehead atoms. The van der Waals surface area contributed by atoms with Crippen LogP contribution in [-0.2, 0) is 0 Å². The van der Waals surface area contributed by atoms with Crippen LogP contribution in [0.25, 0.3) is 0 Å². The Morgan fingerprint density at radius 3 is 2.64 bits per heavy atom. The lowest BCUT2D eigenvalue weighted by Gasteiger charge is -2.11. The molecule has 2 atom stereocenters. The summed E-state index contributed by atoms with van der Waals surface area (Å²) in [4.78, 5) is 0. The van der Waals surface area contributed by atoms with Crippen molar-refractivity contribution in [1.29, 1.82) is 0 Å². The highest BCUT2D eigenvalue weighted by molar-refractivity contribution is 5.36. The molecule has 0 aliphatic heterocycles. The first-order chi connectivity index (χ1) is 6.66. The highest BCUT2D eigenvalue weighted by Gasteiger charge is 2.22. The number of hydrogen-bond donors (Lipinski definition) is 1. The van der Waals surface area contributed by atoms with Crippen molar-refractivity contribution in [2.75, 3.05) is 0 Å². The van der Waals surface area contributed by atoms with E-state index in [4.69, 9.17) is 0 Å². The molecule has 1 heteroatoms. The van der Waals surface area contributed by atoms with Crippen LogP contribution >= 0.6 is 0 Å². The van der Waals surface area contributed by atoms with Gasteiger partial charge in [-0.3, -0.25) is 0 Å². The fourth-order valence-electron chi connectivity index (χ4n) is 2.44. The van der Waals surface area contributed by atoms with Gasteiger partial charge in [0, 0.05) is 0 Å². The van der Waals surface area contributed by atoms with E-state index in [9.17, 15) is 5.11 Å². The van der Waals surface area contributed by atoms with Gasteiger partial charge in [0.05, 0.1) is 0 Å². The van der Waals surface area contributed by atoms with E-state index in [0.717, 1.165) is 17.4 Å². The van der Waals surface area contributed by atoms with Crippen LogP contribution < -0.4 is 0 Å². The first-order valence-corrected chi connectivity index (χ1v) is 5.46. The van der Waals surface area contributed by atoms with E-state index < -0.39 is 0 Å². The summed E-state index contributed by atoms with van der Waals surface area (Å²) in [6.07, 6.45) is 3.97. The van der Waals surface area contributed by atoms with Gasteiger partial charge in [0.1, 0.15) is 5.75 Å². The average molecular weight is 190 g/mol. The van der Waals surface area contributed by atoms with Crippen LogP contribution in [0.4, 0.5) is 0 Å².